The Balaban J connectivity index is 4.92. The van der Waals surface area contributed by atoms with Gasteiger partial charge in [0.25, 0.3) is 0 Å². The van der Waals surface area contributed by atoms with Crippen molar-refractivity contribution in [2.24, 2.45) is 11.8 Å². The molecule has 3 atom stereocenters. The number of ether oxygens (including phenoxy) is 5. The van der Waals surface area contributed by atoms with Gasteiger partial charge in [-0.05, 0) is 115 Å². The summed E-state index contributed by atoms with van der Waals surface area (Å²) in [6.07, 6.45) is 59.7. The first-order valence-corrected chi connectivity index (χ1v) is 29.3. The van der Waals surface area contributed by atoms with E-state index in [2.05, 4.69) is 81.5 Å². The minimum Gasteiger partial charge on any atom is -0.469 e. The SMILES string of the molecule is CC/C=C\C/C=C\CC(/C=C/CCCCCCC(=O)OCC(COC(=O)CCCCCCC/C=C\CCCCCCCC)OC(=O)CCCCCCC/C=C\C/C=C\CCCCC)C(CC(=O)OC)C(=O)OC. The van der Waals surface area contributed by atoms with Gasteiger partial charge in [-0.15, -0.1) is 0 Å². The highest BCUT2D eigenvalue weighted by molar-refractivity contribution is 5.80. The Morgan fingerprint density at radius 3 is 1.27 bits per heavy atom. The normalized spacial score (nSPS) is 13.2. The fraction of sp³-hybridized carbons (Fsp3) is 0.730. The van der Waals surface area contributed by atoms with E-state index in [4.69, 9.17) is 23.7 Å². The van der Waals surface area contributed by atoms with Crippen molar-refractivity contribution in [3.8, 4) is 0 Å². The van der Waals surface area contributed by atoms with Gasteiger partial charge in [0.2, 0.25) is 0 Å². The lowest BCUT2D eigenvalue weighted by Crippen LogP contribution is -2.30. The average molecular weight is 1020 g/mol. The molecule has 0 aromatic carbocycles. The second-order valence-corrected chi connectivity index (χ2v) is 19.6. The van der Waals surface area contributed by atoms with Gasteiger partial charge in [-0.25, -0.2) is 0 Å². The molecule has 0 amide bonds. The van der Waals surface area contributed by atoms with Gasteiger partial charge in [-0.2, -0.15) is 0 Å². The smallest absolute Gasteiger partial charge is 0.309 e. The van der Waals surface area contributed by atoms with Crippen LogP contribution in [0.15, 0.2) is 72.9 Å². The minimum atomic E-state index is -0.858. The van der Waals surface area contributed by atoms with Gasteiger partial charge >= 0.3 is 29.8 Å². The van der Waals surface area contributed by atoms with Crippen LogP contribution in [0.4, 0.5) is 0 Å². The summed E-state index contributed by atoms with van der Waals surface area (Å²) in [4.78, 5) is 63.3. The van der Waals surface area contributed by atoms with Crippen molar-refractivity contribution < 1.29 is 47.7 Å². The monoisotopic (exact) mass is 1020 g/mol. The summed E-state index contributed by atoms with van der Waals surface area (Å²) >= 11 is 0. The van der Waals surface area contributed by atoms with E-state index in [0.29, 0.717) is 25.7 Å². The molecule has 0 aliphatic carbocycles. The maximum Gasteiger partial charge on any atom is 0.309 e. The van der Waals surface area contributed by atoms with Crippen LogP contribution in [0.5, 0.6) is 0 Å². The van der Waals surface area contributed by atoms with Crippen molar-refractivity contribution in [3.63, 3.8) is 0 Å². The van der Waals surface area contributed by atoms with Gasteiger partial charge in [0.1, 0.15) is 13.2 Å². The van der Waals surface area contributed by atoms with Gasteiger partial charge in [0.15, 0.2) is 6.10 Å². The summed E-state index contributed by atoms with van der Waals surface area (Å²) in [5.74, 6) is -2.85. The van der Waals surface area contributed by atoms with Crippen molar-refractivity contribution in [3.05, 3.63) is 72.9 Å². The second kappa shape index (κ2) is 54.1. The molecule has 10 heteroatoms. The Kier molecular flexibility index (Phi) is 50.9. The van der Waals surface area contributed by atoms with Crippen LogP contribution in [0.25, 0.3) is 0 Å². The predicted octanol–water partition coefficient (Wildman–Crippen LogP) is 17.0. The molecule has 0 aliphatic rings. The van der Waals surface area contributed by atoms with Gasteiger partial charge in [0.05, 0.1) is 26.6 Å². The standard InChI is InChI=1S/C63H106O10/c1-6-9-12-15-18-20-22-24-26-28-30-32-34-40-45-50-59(64)71-54-57(73-61(66)52-47-42-35-33-31-29-27-25-23-21-19-16-13-10-7-2)55-72-60(65)51-46-41-37-36-39-44-49-56(48-43-38-17-14-11-8-3)58(63(68)70-5)53-62(67)69-4/h11,14,19,21,24-27,38,43-44,49,56-58H,6-10,12-13,15-18,20,22-23,28-37,39-42,45-48,50-55H2,1-5H3/b14-11-,21-19-,26-24-,27-25-,43-38-,49-44+. The molecule has 0 bridgehead atoms. The lowest BCUT2D eigenvalue weighted by molar-refractivity contribution is -0.167. The molecule has 0 aromatic heterocycles. The Morgan fingerprint density at radius 2 is 0.795 bits per heavy atom. The summed E-state index contributed by atoms with van der Waals surface area (Å²) < 4.78 is 26.8. The van der Waals surface area contributed by atoms with Crippen LogP contribution in [0.3, 0.4) is 0 Å². The molecule has 0 N–H and O–H groups in total. The zero-order valence-electron chi connectivity index (χ0n) is 47.1. The van der Waals surface area contributed by atoms with E-state index in [1.807, 2.05) is 12.2 Å². The fourth-order valence-corrected chi connectivity index (χ4v) is 8.35. The second-order valence-electron chi connectivity index (χ2n) is 19.6. The molecule has 0 aliphatic heterocycles. The van der Waals surface area contributed by atoms with Crippen molar-refractivity contribution >= 4 is 29.8 Å². The molecule has 0 saturated carbocycles. The number of hydrogen-bond acceptors (Lipinski definition) is 10. The molecule has 0 heterocycles. The number of allylic oxidation sites excluding steroid dienone is 12. The summed E-state index contributed by atoms with van der Waals surface area (Å²) in [6, 6.07) is 0. The first-order valence-electron chi connectivity index (χ1n) is 29.3. The Labute approximate surface area is 446 Å². The molecule has 73 heavy (non-hydrogen) atoms. The zero-order chi connectivity index (χ0) is 53.5. The number of carbonyl (C=O) groups is 5. The lowest BCUT2D eigenvalue weighted by atomic mass is 9.86. The van der Waals surface area contributed by atoms with E-state index >= 15 is 0 Å². The number of hydrogen-bond donors (Lipinski definition) is 0. The first-order chi connectivity index (χ1) is 35.7. The quantitative estimate of drug-likeness (QED) is 0.0251. The Hall–Kier alpha value is -4.21. The predicted molar refractivity (Wildman–Crippen MR) is 301 cm³/mol. The topological polar surface area (TPSA) is 132 Å². The molecule has 3 unspecified atom stereocenters. The molecule has 0 fully saturated rings. The maximum absolute atomic E-state index is 12.9. The van der Waals surface area contributed by atoms with Crippen LogP contribution < -0.4 is 0 Å². The van der Waals surface area contributed by atoms with Crippen molar-refractivity contribution in [1.82, 2.24) is 0 Å². The van der Waals surface area contributed by atoms with E-state index in [-0.39, 0.29) is 56.3 Å². The van der Waals surface area contributed by atoms with E-state index in [1.165, 1.54) is 84.8 Å². The van der Waals surface area contributed by atoms with E-state index < -0.39 is 24.0 Å². The number of rotatable bonds is 51. The third-order valence-electron chi connectivity index (χ3n) is 12.9. The highest BCUT2D eigenvalue weighted by Crippen LogP contribution is 2.25. The molecule has 418 valence electrons. The summed E-state index contributed by atoms with van der Waals surface area (Å²) in [6.45, 7) is 6.26. The van der Waals surface area contributed by atoms with E-state index in [1.54, 1.807) is 0 Å². The molecule has 0 saturated heterocycles. The number of methoxy groups -OCH3 is 2. The number of esters is 5. The van der Waals surface area contributed by atoms with Gasteiger partial charge < -0.3 is 23.7 Å². The highest BCUT2D eigenvalue weighted by atomic mass is 16.6. The minimum absolute atomic E-state index is 0.0545. The average Bonchev–Trinajstić information content (AvgIpc) is 3.39. The third kappa shape index (κ3) is 47.3. The highest BCUT2D eigenvalue weighted by Gasteiger charge is 2.30. The first kappa shape index (κ1) is 68.8. The van der Waals surface area contributed by atoms with Crippen molar-refractivity contribution in [2.75, 3.05) is 27.4 Å². The molecule has 0 rings (SSSR count). The van der Waals surface area contributed by atoms with Gasteiger partial charge in [0, 0.05) is 19.3 Å². The molecular weight excluding hydrogens is 917 g/mol. The zero-order valence-corrected chi connectivity index (χ0v) is 47.1. The summed E-state index contributed by atoms with van der Waals surface area (Å²) in [5.41, 5.74) is 0. The van der Waals surface area contributed by atoms with Crippen LogP contribution in [-0.4, -0.2) is 63.4 Å². The molecule has 10 nitrogen and oxygen atoms in total. The van der Waals surface area contributed by atoms with Crippen molar-refractivity contribution in [1.29, 1.82) is 0 Å². The van der Waals surface area contributed by atoms with Crippen molar-refractivity contribution in [2.45, 2.75) is 258 Å². The van der Waals surface area contributed by atoms with Crippen LogP contribution in [0.1, 0.15) is 252 Å². The van der Waals surface area contributed by atoms with Gasteiger partial charge in [-0.1, -0.05) is 190 Å². The Bertz CT molecular complexity index is 1520. The van der Waals surface area contributed by atoms with E-state index in [0.717, 1.165) is 116 Å². The van der Waals surface area contributed by atoms with Crippen LogP contribution >= 0.6 is 0 Å². The van der Waals surface area contributed by atoms with Crippen LogP contribution in [0.2, 0.25) is 0 Å². The molecular formula is C63H106O10. The van der Waals surface area contributed by atoms with E-state index in [9.17, 15) is 24.0 Å². The number of carbonyl (C=O) groups excluding carboxylic acids is 5. The van der Waals surface area contributed by atoms with Gasteiger partial charge in [-0.3, -0.25) is 24.0 Å². The molecule has 0 spiro atoms. The molecule has 0 aromatic rings. The Morgan fingerprint density at radius 1 is 0.397 bits per heavy atom. The largest absolute Gasteiger partial charge is 0.469 e. The lowest BCUT2D eigenvalue weighted by Gasteiger charge is -2.20. The maximum atomic E-state index is 12.9. The molecule has 0 radical (unpaired) electrons. The van der Waals surface area contributed by atoms with Crippen LogP contribution in [0, 0.1) is 11.8 Å². The summed E-state index contributed by atoms with van der Waals surface area (Å²) in [5, 5.41) is 0. The third-order valence-corrected chi connectivity index (χ3v) is 12.9. The summed E-state index contributed by atoms with van der Waals surface area (Å²) in [7, 11) is 2.65. The number of unbranched alkanes of at least 4 members (excludes halogenated alkanes) is 23. The van der Waals surface area contributed by atoms with Crippen LogP contribution in [-0.2, 0) is 47.7 Å². The fourth-order valence-electron chi connectivity index (χ4n) is 8.35.